The van der Waals surface area contributed by atoms with Gasteiger partial charge in [0, 0.05) is 18.4 Å². The number of hydrogen-bond donors (Lipinski definition) is 1. The van der Waals surface area contributed by atoms with Crippen LogP contribution in [-0.4, -0.2) is 31.8 Å². The first kappa shape index (κ1) is 19.2. The highest BCUT2D eigenvalue weighted by atomic mass is 16.5. The minimum atomic E-state index is -0.0874. The van der Waals surface area contributed by atoms with Crippen molar-refractivity contribution in [2.75, 3.05) is 25.1 Å². The van der Waals surface area contributed by atoms with Crippen molar-refractivity contribution in [1.29, 1.82) is 0 Å². The van der Waals surface area contributed by atoms with Gasteiger partial charge in [-0.2, -0.15) is 0 Å². The highest BCUT2D eigenvalue weighted by molar-refractivity contribution is 5.90. The van der Waals surface area contributed by atoms with Gasteiger partial charge in [-0.25, -0.2) is 0 Å². The predicted octanol–water partition coefficient (Wildman–Crippen LogP) is 4.27. The third-order valence-corrected chi connectivity index (χ3v) is 4.37. The van der Waals surface area contributed by atoms with Crippen molar-refractivity contribution >= 4 is 11.6 Å². The first-order chi connectivity index (χ1) is 13.1. The second-order valence-electron chi connectivity index (χ2n) is 6.94. The lowest BCUT2D eigenvalue weighted by Gasteiger charge is -2.13. The van der Waals surface area contributed by atoms with E-state index in [2.05, 4.69) is 11.4 Å². The van der Waals surface area contributed by atoms with E-state index in [0.29, 0.717) is 13.2 Å². The topological polar surface area (TPSA) is 56.8 Å². The normalized spacial score (nSPS) is 16.1. The van der Waals surface area contributed by atoms with Gasteiger partial charge in [-0.3, -0.25) is 4.79 Å². The molecule has 0 aliphatic carbocycles. The fourth-order valence-corrected chi connectivity index (χ4v) is 3.13. The van der Waals surface area contributed by atoms with Crippen LogP contribution in [0.25, 0.3) is 0 Å². The summed E-state index contributed by atoms with van der Waals surface area (Å²) in [5, 5.41) is 2.89. The lowest BCUT2D eigenvalue weighted by Crippen LogP contribution is -2.17. The maximum atomic E-state index is 12.2. The van der Waals surface area contributed by atoms with Crippen molar-refractivity contribution in [2.24, 2.45) is 0 Å². The monoisotopic (exact) mass is 369 g/mol. The zero-order valence-corrected chi connectivity index (χ0v) is 16.0. The molecule has 1 saturated heterocycles. The molecular weight excluding hydrogens is 342 g/mol. The van der Waals surface area contributed by atoms with Crippen LogP contribution in [0.1, 0.15) is 30.4 Å². The van der Waals surface area contributed by atoms with Crippen molar-refractivity contribution in [3.8, 4) is 11.5 Å². The van der Waals surface area contributed by atoms with Gasteiger partial charge >= 0.3 is 0 Å². The number of hydrogen-bond acceptors (Lipinski definition) is 4. The molecule has 27 heavy (non-hydrogen) atoms. The summed E-state index contributed by atoms with van der Waals surface area (Å²) in [5.74, 6) is 1.44. The van der Waals surface area contributed by atoms with Crippen LogP contribution in [-0.2, 0) is 9.53 Å². The van der Waals surface area contributed by atoms with Gasteiger partial charge in [0.1, 0.15) is 18.1 Å². The van der Waals surface area contributed by atoms with Crippen LogP contribution < -0.4 is 14.8 Å². The van der Waals surface area contributed by atoms with Crippen LogP contribution in [0.5, 0.6) is 11.5 Å². The molecular formula is C22H27NO4. The summed E-state index contributed by atoms with van der Waals surface area (Å²) < 4.78 is 17.0. The Kier molecular flexibility index (Phi) is 6.71. The Labute approximate surface area is 160 Å². The number of aryl methyl sites for hydroxylation is 2. The molecule has 1 unspecified atom stereocenters. The summed E-state index contributed by atoms with van der Waals surface area (Å²) in [5.41, 5.74) is 3.01. The van der Waals surface area contributed by atoms with Crippen LogP contribution in [0.4, 0.5) is 5.69 Å². The molecule has 5 nitrogen and oxygen atoms in total. The molecule has 2 aromatic rings. The van der Waals surface area contributed by atoms with E-state index in [9.17, 15) is 4.79 Å². The third kappa shape index (κ3) is 6.29. The predicted molar refractivity (Wildman–Crippen MR) is 106 cm³/mol. The molecule has 1 heterocycles. The minimum absolute atomic E-state index is 0.0874. The number of carbonyl (C=O) groups excluding carboxylic acids is 1. The third-order valence-electron chi connectivity index (χ3n) is 4.37. The number of benzene rings is 2. The molecule has 5 heteroatoms. The van der Waals surface area contributed by atoms with Crippen molar-refractivity contribution in [2.45, 2.75) is 39.2 Å². The summed E-state index contributed by atoms with van der Waals surface area (Å²) in [6.07, 6.45) is 2.59. The molecule has 1 N–H and O–H groups in total. The molecule has 0 saturated carbocycles. The van der Waals surface area contributed by atoms with E-state index in [4.69, 9.17) is 14.2 Å². The van der Waals surface area contributed by atoms with E-state index in [1.807, 2.05) is 50.2 Å². The van der Waals surface area contributed by atoms with Crippen LogP contribution in [0.2, 0.25) is 0 Å². The molecule has 1 fully saturated rings. The molecule has 0 bridgehead atoms. The lowest BCUT2D eigenvalue weighted by atomic mass is 10.1. The van der Waals surface area contributed by atoms with Gasteiger partial charge in [0.05, 0.1) is 19.1 Å². The van der Waals surface area contributed by atoms with Gasteiger partial charge in [-0.05, 0) is 62.1 Å². The molecule has 0 spiro atoms. The number of nitrogens with one attached hydrogen (secondary N) is 1. The smallest absolute Gasteiger partial charge is 0.227 e. The van der Waals surface area contributed by atoms with E-state index in [1.165, 1.54) is 0 Å². The van der Waals surface area contributed by atoms with Gasteiger partial charge in [-0.1, -0.05) is 12.1 Å². The fraction of sp³-hybridized carbons (Fsp3) is 0.409. The largest absolute Gasteiger partial charge is 0.493 e. The summed E-state index contributed by atoms with van der Waals surface area (Å²) in [4.78, 5) is 12.2. The first-order valence-corrected chi connectivity index (χ1v) is 9.44. The summed E-state index contributed by atoms with van der Waals surface area (Å²) in [6.45, 7) is 5.75. The van der Waals surface area contributed by atoms with Crippen LogP contribution in [0.3, 0.4) is 0 Å². The number of rotatable bonds is 8. The zero-order valence-electron chi connectivity index (χ0n) is 16.0. The molecule has 0 aromatic heterocycles. The fourth-order valence-electron chi connectivity index (χ4n) is 3.13. The van der Waals surface area contributed by atoms with Crippen molar-refractivity contribution < 1.29 is 19.0 Å². The maximum absolute atomic E-state index is 12.2. The summed E-state index contributed by atoms with van der Waals surface area (Å²) in [7, 11) is 0. The van der Waals surface area contributed by atoms with Crippen LogP contribution in [0, 0.1) is 13.8 Å². The Morgan fingerprint density at radius 1 is 1.11 bits per heavy atom. The van der Waals surface area contributed by atoms with Crippen LogP contribution in [0.15, 0.2) is 42.5 Å². The molecule has 0 radical (unpaired) electrons. The SMILES string of the molecule is Cc1cc(C)cc(OCCC(=O)Nc2cccc(OCC3CCCO3)c2)c1. The maximum Gasteiger partial charge on any atom is 0.227 e. The molecule has 1 amide bonds. The van der Waals surface area contributed by atoms with E-state index in [-0.39, 0.29) is 18.4 Å². The van der Waals surface area contributed by atoms with Crippen molar-refractivity contribution in [3.05, 3.63) is 53.6 Å². The Morgan fingerprint density at radius 3 is 2.67 bits per heavy atom. The highest BCUT2D eigenvalue weighted by Gasteiger charge is 2.16. The summed E-state index contributed by atoms with van der Waals surface area (Å²) >= 11 is 0. The first-order valence-electron chi connectivity index (χ1n) is 9.44. The number of ether oxygens (including phenoxy) is 3. The Balaban J connectivity index is 1.43. The van der Waals surface area contributed by atoms with Gasteiger partial charge < -0.3 is 19.5 Å². The number of anilines is 1. The molecule has 1 aliphatic rings. The van der Waals surface area contributed by atoms with E-state index < -0.39 is 0 Å². The van der Waals surface area contributed by atoms with Gasteiger partial charge in [0.15, 0.2) is 0 Å². The second-order valence-corrected chi connectivity index (χ2v) is 6.94. The number of amides is 1. The minimum Gasteiger partial charge on any atom is -0.493 e. The van der Waals surface area contributed by atoms with Gasteiger partial charge in [0.25, 0.3) is 0 Å². The Hall–Kier alpha value is -2.53. The molecule has 3 rings (SSSR count). The average Bonchev–Trinajstić information content (AvgIpc) is 3.13. The summed E-state index contributed by atoms with van der Waals surface area (Å²) in [6, 6.07) is 13.5. The van der Waals surface area contributed by atoms with Crippen molar-refractivity contribution in [1.82, 2.24) is 0 Å². The second kappa shape index (κ2) is 9.42. The molecule has 2 aromatic carbocycles. The van der Waals surface area contributed by atoms with E-state index >= 15 is 0 Å². The standard InChI is InChI=1S/C22H27NO4/c1-16-11-17(2)13-21(12-16)26-10-8-22(24)23-18-5-3-6-19(14-18)27-15-20-7-4-9-25-20/h3,5-6,11-14,20H,4,7-10,15H2,1-2H3,(H,23,24). The Morgan fingerprint density at radius 2 is 1.93 bits per heavy atom. The zero-order chi connectivity index (χ0) is 19.1. The van der Waals surface area contributed by atoms with Gasteiger partial charge in [-0.15, -0.1) is 0 Å². The van der Waals surface area contributed by atoms with Crippen LogP contribution >= 0.6 is 0 Å². The van der Waals surface area contributed by atoms with Gasteiger partial charge in [0.2, 0.25) is 5.91 Å². The lowest BCUT2D eigenvalue weighted by molar-refractivity contribution is -0.116. The number of carbonyl (C=O) groups is 1. The molecule has 1 aliphatic heterocycles. The van der Waals surface area contributed by atoms with Crippen molar-refractivity contribution in [3.63, 3.8) is 0 Å². The average molecular weight is 369 g/mol. The Bertz CT molecular complexity index is 748. The highest BCUT2D eigenvalue weighted by Crippen LogP contribution is 2.20. The quantitative estimate of drug-likeness (QED) is 0.755. The van der Waals surface area contributed by atoms with E-state index in [0.717, 1.165) is 47.8 Å². The van der Waals surface area contributed by atoms with E-state index in [1.54, 1.807) is 0 Å². The molecule has 144 valence electrons. The molecule has 1 atom stereocenters.